The monoisotopic (exact) mass is 265 g/mol. The van der Waals surface area contributed by atoms with Gasteiger partial charge in [0.2, 0.25) is 5.89 Å². The molecule has 0 atom stereocenters. The van der Waals surface area contributed by atoms with Crippen LogP contribution in [0.15, 0.2) is 34.9 Å². The molecular formula is C13H16ClN3O. The van der Waals surface area contributed by atoms with Gasteiger partial charge in [-0.25, -0.2) is 4.98 Å². The first-order valence-corrected chi connectivity index (χ1v) is 6.16. The van der Waals surface area contributed by atoms with Crippen molar-refractivity contribution in [1.82, 2.24) is 9.88 Å². The normalized spacial score (nSPS) is 11.1. The second kappa shape index (κ2) is 6.00. The standard InChI is InChI=1S/C13H16ClN3O/c1-17(7-6-15)8-12-9-18-13(16-12)10-2-4-11(14)5-3-10/h2-5,9H,6-8,15H2,1H3. The molecule has 0 radical (unpaired) electrons. The largest absolute Gasteiger partial charge is 0.444 e. The molecule has 0 aliphatic heterocycles. The number of hydrogen-bond donors (Lipinski definition) is 1. The van der Waals surface area contributed by atoms with E-state index in [-0.39, 0.29) is 0 Å². The Kier molecular flexibility index (Phi) is 4.36. The molecule has 0 fully saturated rings. The molecule has 2 N–H and O–H groups in total. The van der Waals surface area contributed by atoms with Crippen molar-refractivity contribution >= 4 is 11.6 Å². The fourth-order valence-corrected chi connectivity index (χ4v) is 1.81. The lowest BCUT2D eigenvalue weighted by molar-refractivity contribution is 0.332. The fraction of sp³-hybridized carbons (Fsp3) is 0.308. The maximum Gasteiger partial charge on any atom is 0.226 e. The van der Waals surface area contributed by atoms with Crippen molar-refractivity contribution in [3.8, 4) is 11.5 Å². The van der Waals surface area contributed by atoms with E-state index in [1.54, 1.807) is 6.26 Å². The highest BCUT2D eigenvalue weighted by Gasteiger charge is 2.08. The zero-order chi connectivity index (χ0) is 13.0. The van der Waals surface area contributed by atoms with Crippen LogP contribution in [0.25, 0.3) is 11.5 Å². The second-order valence-corrected chi connectivity index (χ2v) is 4.61. The molecule has 2 aromatic rings. The second-order valence-electron chi connectivity index (χ2n) is 4.18. The molecule has 0 aliphatic carbocycles. The van der Waals surface area contributed by atoms with Crippen molar-refractivity contribution in [3.05, 3.63) is 41.2 Å². The van der Waals surface area contributed by atoms with Crippen LogP contribution in [0.3, 0.4) is 0 Å². The summed E-state index contributed by atoms with van der Waals surface area (Å²) >= 11 is 5.84. The number of likely N-dealkylation sites (N-methyl/N-ethyl adjacent to an activating group) is 1. The lowest BCUT2D eigenvalue weighted by atomic mass is 10.2. The number of hydrogen-bond acceptors (Lipinski definition) is 4. The van der Waals surface area contributed by atoms with Gasteiger partial charge >= 0.3 is 0 Å². The third kappa shape index (κ3) is 3.32. The van der Waals surface area contributed by atoms with Crippen molar-refractivity contribution in [1.29, 1.82) is 0 Å². The Labute approximate surface area is 111 Å². The molecule has 0 saturated carbocycles. The topological polar surface area (TPSA) is 55.3 Å². The first-order chi connectivity index (χ1) is 8.69. The first kappa shape index (κ1) is 13.1. The van der Waals surface area contributed by atoms with E-state index >= 15 is 0 Å². The summed E-state index contributed by atoms with van der Waals surface area (Å²) < 4.78 is 5.46. The van der Waals surface area contributed by atoms with Gasteiger partial charge in [0.1, 0.15) is 6.26 Å². The van der Waals surface area contributed by atoms with Gasteiger partial charge in [-0.15, -0.1) is 0 Å². The summed E-state index contributed by atoms with van der Waals surface area (Å²) in [6.45, 7) is 2.20. The summed E-state index contributed by atoms with van der Waals surface area (Å²) in [5.41, 5.74) is 7.32. The predicted molar refractivity (Wildman–Crippen MR) is 72.3 cm³/mol. The number of rotatable bonds is 5. The van der Waals surface area contributed by atoms with E-state index in [1.807, 2.05) is 31.3 Å². The molecule has 1 heterocycles. The molecule has 0 amide bonds. The van der Waals surface area contributed by atoms with Crippen LogP contribution in [0, 0.1) is 0 Å². The molecule has 0 bridgehead atoms. The number of nitrogens with zero attached hydrogens (tertiary/aromatic N) is 2. The molecule has 0 unspecified atom stereocenters. The summed E-state index contributed by atoms with van der Waals surface area (Å²) in [5, 5.41) is 0.702. The highest BCUT2D eigenvalue weighted by atomic mass is 35.5. The maximum absolute atomic E-state index is 5.84. The Morgan fingerprint density at radius 3 is 2.72 bits per heavy atom. The zero-order valence-corrected chi connectivity index (χ0v) is 11.0. The van der Waals surface area contributed by atoms with E-state index in [9.17, 15) is 0 Å². The highest BCUT2D eigenvalue weighted by molar-refractivity contribution is 6.30. The number of oxazole rings is 1. The van der Waals surface area contributed by atoms with Gasteiger partial charge in [0.05, 0.1) is 5.69 Å². The van der Waals surface area contributed by atoms with E-state index in [4.69, 9.17) is 21.8 Å². The molecule has 5 heteroatoms. The van der Waals surface area contributed by atoms with Gasteiger partial charge in [0.15, 0.2) is 0 Å². The van der Waals surface area contributed by atoms with Crippen LogP contribution in [0.2, 0.25) is 5.02 Å². The Morgan fingerprint density at radius 2 is 2.06 bits per heavy atom. The van der Waals surface area contributed by atoms with Crippen molar-refractivity contribution in [2.75, 3.05) is 20.1 Å². The molecule has 18 heavy (non-hydrogen) atoms. The lowest BCUT2D eigenvalue weighted by Gasteiger charge is -2.12. The van der Waals surface area contributed by atoms with Gasteiger partial charge in [0, 0.05) is 30.2 Å². The van der Waals surface area contributed by atoms with Crippen LogP contribution < -0.4 is 5.73 Å². The highest BCUT2D eigenvalue weighted by Crippen LogP contribution is 2.21. The fourth-order valence-electron chi connectivity index (χ4n) is 1.68. The van der Waals surface area contributed by atoms with Gasteiger partial charge in [-0.05, 0) is 31.3 Å². The third-order valence-electron chi connectivity index (χ3n) is 2.59. The molecule has 0 aliphatic rings. The average Bonchev–Trinajstić information content (AvgIpc) is 2.78. The lowest BCUT2D eigenvalue weighted by Crippen LogP contribution is -2.25. The molecule has 0 saturated heterocycles. The SMILES string of the molecule is CN(CCN)Cc1coc(-c2ccc(Cl)cc2)n1. The van der Waals surface area contributed by atoms with Crippen LogP contribution >= 0.6 is 11.6 Å². The predicted octanol–water partition coefficient (Wildman–Crippen LogP) is 2.39. The number of halogens is 1. The number of aromatic nitrogens is 1. The summed E-state index contributed by atoms with van der Waals surface area (Å²) in [6, 6.07) is 7.42. The van der Waals surface area contributed by atoms with Crippen molar-refractivity contribution in [2.45, 2.75) is 6.54 Å². The molecule has 96 valence electrons. The summed E-state index contributed by atoms with van der Waals surface area (Å²) in [7, 11) is 2.00. The van der Waals surface area contributed by atoms with Crippen molar-refractivity contribution in [2.24, 2.45) is 5.73 Å². The van der Waals surface area contributed by atoms with E-state index in [2.05, 4.69) is 9.88 Å². The zero-order valence-electron chi connectivity index (χ0n) is 10.3. The Bertz CT molecular complexity index is 495. The number of benzene rings is 1. The summed E-state index contributed by atoms with van der Waals surface area (Å²) in [6.07, 6.45) is 1.68. The van der Waals surface area contributed by atoms with E-state index < -0.39 is 0 Å². The van der Waals surface area contributed by atoms with Crippen LogP contribution in [-0.4, -0.2) is 30.0 Å². The quantitative estimate of drug-likeness (QED) is 0.902. The molecule has 1 aromatic carbocycles. The van der Waals surface area contributed by atoms with Gasteiger partial charge in [-0.3, -0.25) is 4.90 Å². The minimum atomic E-state index is 0.614. The smallest absolute Gasteiger partial charge is 0.226 e. The van der Waals surface area contributed by atoms with E-state index in [1.165, 1.54) is 0 Å². The minimum Gasteiger partial charge on any atom is -0.444 e. The first-order valence-electron chi connectivity index (χ1n) is 5.78. The molecular weight excluding hydrogens is 250 g/mol. The third-order valence-corrected chi connectivity index (χ3v) is 2.84. The summed E-state index contributed by atoms with van der Waals surface area (Å²) in [5.74, 6) is 0.614. The molecule has 4 nitrogen and oxygen atoms in total. The molecule has 1 aromatic heterocycles. The maximum atomic E-state index is 5.84. The Morgan fingerprint density at radius 1 is 1.33 bits per heavy atom. The molecule has 0 spiro atoms. The van der Waals surface area contributed by atoms with Gasteiger partial charge in [-0.1, -0.05) is 11.6 Å². The van der Waals surface area contributed by atoms with E-state index in [0.29, 0.717) is 17.5 Å². The van der Waals surface area contributed by atoms with Crippen LogP contribution in [-0.2, 0) is 6.54 Å². The summed E-state index contributed by atoms with van der Waals surface area (Å²) in [4.78, 5) is 6.54. The van der Waals surface area contributed by atoms with Crippen LogP contribution in [0.1, 0.15) is 5.69 Å². The van der Waals surface area contributed by atoms with Crippen LogP contribution in [0.4, 0.5) is 0 Å². The number of nitrogens with two attached hydrogens (primary N) is 1. The van der Waals surface area contributed by atoms with Crippen molar-refractivity contribution in [3.63, 3.8) is 0 Å². The van der Waals surface area contributed by atoms with Gasteiger partial charge in [-0.2, -0.15) is 0 Å². The van der Waals surface area contributed by atoms with E-state index in [0.717, 1.165) is 24.3 Å². The Hall–Kier alpha value is -1.36. The Balaban J connectivity index is 2.08. The van der Waals surface area contributed by atoms with Gasteiger partial charge in [0.25, 0.3) is 0 Å². The average molecular weight is 266 g/mol. The van der Waals surface area contributed by atoms with Crippen molar-refractivity contribution < 1.29 is 4.42 Å². The van der Waals surface area contributed by atoms with Gasteiger partial charge < -0.3 is 10.2 Å². The van der Waals surface area contributed by atoms with Crippen LogP contribution in [0.5, 0.6) is 0 Å². The minimum absolute atomic E-state index is 0.614. The molecule has 2 rings (SSSR count).